The number of ether oxygens (including phenoxy) is 1. The topological polar surface area (TPSA) is 46.5 Å². The van der Waals surface area contributed by atoms with Gasteiger partial charge in [-0.1, -0.05) is 12.6 Å². The minimum absolute atomic E-state index is 0.255. The Hall–Kier alpha value is -1.77. The van der Waals surface area contributed by atoms with Crippen molar-refractivity contribution in [2.24, 2.45) is 0 Å². The van der Waals surface area contributed by atoms with Crippen molar-refractivity contribution in [2.45, 2.75) is 19.8 Å². The van der Waals surface area contributed by atoms with Gasteiger partial charge in [-0.05, 0) is 43.5 Å². The van der Waals surface area contributed by atoms with Crippen LogP contribution < -0.4 is 0 Å². The predicted molar refractivity (Wildman–Crippen MR) is 61.0 cm³/mol. The van der Waals surface area contributed by atoms with Crippen LogP contribution in [0.15, 0.2) is 30.4 Å². The highest BCUT2D eigenvalue weighted by molar-refractivity contribution is 5.86. The molecule has 85 valence electrons. The van der Waals surface area contributed by atoms with E-state index in [2.05, 4.69) is 12.6 Å². The molecule has 3 nitrogen and oxygen atoms in total. The van der Waals surface area contributed by atoms with Gasteiger partial charge in [0.2, 0.25) is 0 Å². The van der Waals surface area contributed by atoms with E-state index in [1.165, 1.54) is 0 Å². The van der Waals surface area contributed by atoms with E-state index in [4.69, 9.17) is 4.74 Å². The summed E-state index contributed by atoms with van der Waals surface area (Å²) in [6.07, 6.45) is 1.33. The molecule has 0 spiro atoms. The van der Waals surface area contributed by atoms with Crippen LogP contribution in [0.5, 0.6) is 5.75 Å². The van der Waals surface area contributed by atoms with Crippen LogP contribution in [0, 0.1) is 6.07 Å². The van der Waals surface area contributed by atoms with E-state index in [1.807, 2.05) is 0 Å². The zero-order valence-corrected chi connectivity index (χ0v) is 9.32. The van der Waals surface area contributed by atoms with Gasteiger partial charge in [-0.3, -0.25) is 0 Å². The molecule has 1 radical (unpaired) electrons. The predicted octanol–water partition coefficient (Wildman–Crippen LogP) is 2.24. The first-order valence-corrected chi connectivity index (χ1v) is 5.12. The molecule has 1 aromatic carbocycles. The van der Waals surface area contributed by atoms with Gasteiger partial charge in [0.15, 0.2) is 0 Å². The molecule has 0 saturated heterocycles. The Balaban J connectivity index is 2.29. The van der Waals surface area contributed by atoms with Crippen molar-refractivity contribution in [3.8, 4) is 5.75 Å². The Morgan fingerprint density at radius 2 is 2.38 bits per heavy atom. The molecular formula is C13H15O3. The molecule has 0 aromatic heterocycles. The van der Waals surface area contributed by atoms with Crippen molar-refractivity contribution in [2.75, 3.05) is 6.61 Å². The summed E-state index contributed by atoms with van der Waals surface area (Å²) < 4.78 is 4.93. The second kappa shape index (κ2) is 5.95. The Morgan fingerprint density at radius 3 is 3.00 bits per heavy atom. The molecule has 0 aliphatic rings. The fourth-order valence-electron chi connectivity index (χ4n) is 1.21. The molecular weight excluding hydrogens is 204 g/mol. The quantitative estimate of drug-likeness (QED) is 0.469. The maximum absolute atomic E-state index is 11.0. The monoisotopic (exact) mass is 219 g/mol. The van der Waals surface area contributed by atoms with Gasteiger partial charge < -0.3 is 9.84 Å². The Kier molecular flexibility index (Phi) is 4.58. The van der Waals surface area contributed by atoms with E-state index < -0.39 is 0 Å². The molecule has 0 aliphatic heterocycles. The summed E-state index contributed by atoms with van der Waals surface area (Å²) in [5.41, 5.74) is 1.21. The molecule has 1 aromatic rings. The van der Waals surface area contributed by atoms with E-state index in [-0.39, 0.29) is 11.7 Å². The lowest BCUT2D eigenvalue weighted by Gasteiger charge is -2.05. The van der Waals surface area contributed by atoms with Crippen LogP contribution in [0.4, 0.5) is 0 Å². The summed E-state index contributed by atoms with van der Waals surface area (Å²) in [6, 6.07) is 7.87. The first-order chi connectivity index (χ1) is 7.61. The van der Waals surface area contributed by atoms with Gasteiger partial charge in [0, 0.05) is 5.57 Å². The summed E-state index contributed by atoms with van der Waals surface area (Å²) in [5, 5.41) is 9.47. The van der Waals surface area contributed by atoms with E-state index >= 15 is 0 Å². The van der Waals surface area contributed by atoms with Gasteiger partial charge in [0.1, 0.15) is 5.75 Å². The molecule has 0 bridgehead atoms. The summed E-state index contributed by atoms with van der Waals surface area (Å²) in [4.78, 5) is 11.0. The minimum Gasteiger partial charge on any atom is -0.508 e. The highest BCUT2D eigenvalue weighted by atomic mass is 16.5. The van der Waals surface area contributed by atoms with Crippen LogP contribution in [0.25, 0.3) is 0 Å². The number of rotatable bonds is 5. The van der Waals surface area contributed by atoms with Gasteiger partial charge in [0.25, 0.3) is 0 Å². The third kappa shape index (κ3) is 3.77. The van der Waals surface area contributed by atoms with Crippen molar-refractivity contribution >= 4 is 5.97 Å². The number of benzene rings is 1. The number of hydrogen-bond acceptors (Lipinski definition) is 3. The first-order valence-electron chi connectivity index (χ1n) is 5.12. The zero-order valence-electron chi connectivity index (χ0n) is 9.32. The van der Waals surface area contributed by atoms with E-state index in [9.17, 15) is 9.90 Å². The van der Waals surface area contributed by atoms with Crippen molar-refractivity contribution < 1.29 is 14.6 Å². The zero-order chi connectivity index (χ0) is 12.0. The van der Waals surface area contributed by atoms with Crippen LogP contribution in [-0.4, -0.2) is 17.7 Å². The molecule has 0 amide bonds. The molecule has 0 atom stereocenters. The number of aryl methyl sites for hydroxylation is 1. The molecule has 1 rings (SSSR count). The molecule has 0 unspecified atom stereocenters. The average Bonchev–Trinajstić information content (AvgIpc) is 2.26. The van der Waals surface area contributed by atoms with Gasteiger partial charge in [-0.25, -0.2) is 4.79 Å². The van der Waals surface area contributed by atoms with Gasteiger partial charge in [-0.2, -0.15) is 0 Å². The maximum Gasteiger partial charge on any atom is 0.333 e. The van der Waals surface area contributed by atoms with Crippen molar-refractivity contribution in [1.29, 1.82) is 0 Å². The smallest absolute Gasteiger partial charge is 0.333 e. The highest BCUT2D eigenvalue weighted by Gasteiger charge is 2.03. The number of carbonyl (C=O) groups is 1. The lowest BCUT2D eigenvalue weighted by molar-refractivity contribution is -0.139. The first kappa shape index (κ1) is 12.3. The summed E-state index contributed by atoms with van der Waals surface area (Å²) in [5.74, 6) is -0.117. The molecule has 0 aliphatic carbocycles. The van der Waals surface area contributed by atoms with Crippen LogP contribution in [-0.2, 0) is 16.0 Å². The average molecular weight is 219 g/mol. The highest BCUT2D eigenvalue weighted by Crippen LogP contribution is 2.16. The molecule has 3 heteroatoms. The summed E-state index contributed by atoms with van der Waals surface area (Å²) >= 11 is 0. The third-order valence-electron chi connectivity index (χ3n) is 2.10. The normalized spacial score (nSPS) is 9.81. The van der Waals surface area contributed by atoms with Crippen molar-refractivity contribution in [1.82, 2.24) is 0 Å². The van der Waals surface area contributed by atoms with E-state index in [1.54, 1.807) is 25.1 Å². The van der Waals surface area contributed by atoms with E-state index in [0.717, 1.165) is 5.56 Å². The third-order valence-corrected chi connectivity index (χ3v) is 2.10. The standard InChI is InChI=1S/C13H15O3/c1-10(2)13(15)16-9-5-7-11-6-3-4-8-12(11)14/h4,6,8,14H,1,5,7,9H2,2H3. The van der Waals surface area contributed by atoms with Gasteiger partial charge >= 0.3 is 5.97 Å². The van der Waals surface area contributed by atoms with Crippen molar-refractivity contribution in [3.05, 3.63) is 42.0 Å². The van der Waals surface area contributed by atoms with Gasteiger partial charge in [-0.15, -0.1) is 0 Å². The second-order valence-corrected chi connectivity index (χ2v) is 3.57. The minimum atomic E-state index is -0.371. The fourth-order valence-corrected chi connectivity index (χ4v) is 1.21. The van der Waals surface area contributed by atoms with Crippen LogP contribution in [0.1, 0.15) is 18.9 Å². The SMILES string of the molecule is C=C(C)C(=O)OCCCc1c[c]ccc1O. The summed E-state index contributed by atoms with van der Waals surface area (Å²) in [6.45, 7) is 5.43. The molecule has 0 fully saturated rings. The number of hydrogen-bond donors (Lipinski definition) is 1. The Morgan fingerprint density at radius 1 is 1.62 bits per heavy atom. The number of phenolic OH excluding ortho intramolecular Hbond substituents is 1. The van der Waals surface area contributed by atoms with Crippen LogP contribution in [0.3, 0.4) is 0 Å². The second-order valence-electron chi connectivity index (χ2n) is 3.57. The van der Waals surface area contributed by atoms with Gasteiger partial charge in [0.05, 0.1) is 6.61 Å². The number of esters is 1. The lowest BCUT2D eigenvalue weighted by Crippen LogP contribution is -2.06. The maximum atomic E-state index is 11.0. The summed E-state index contributed by atoms with van der Waals surface area (Å²) in [7, 11) is 0. The van der Waals surface area contributed by atoms with Crippen LogP contribution in [0.2, 0.25) is 0 Å². The van der Waals surface area contributed by atoms with Crippen molar-refractivity contribution in [3.63, 3.8) is 0 Å². The molecule has 16 heavy (non-hydrogen) atoms. The molecule has 1 N–H and O–H groups in total. The Bertz CT molecular complexity index is 383. The number of carbonyl (C=O) groups excluding carboxylic acids is 1. The van der Waals surface area contributed by atoms with Crippen LogP contribution >= 0.6 is 0 Å². The molecule has 0 saturated carbocycles. The fraction of sp³-hybridized carbons (Fsp3) is 0.308. The largest absolute Gasteiger partial charge is 0.508 e. The number of aromatic hydroxyl groups is 1. The van der Waals surface area contributed by atoms with E-state index in [0.29, 0.717) is 25.0 Å². The Labute approximate surface area is 95.4 Å². The number of phenols is 1. The molecule has 0 heterocycles. The lowest BCUT2D eigenvalue weighted by atomic mass is 10.1.